The molecule has 0 bridgehead atoms. The Bertz CT molecular complexity index is 3210. The number of rotatable bonds is 6. The van der Waals surface area contributed by atoms with Crippen LogP contribution in [0.4, 0.5) is 0 Å². The van der Waals surface area contributed by atoms with Crippen LogP contribution in [0, 0.1) is 0 Å². The van der Waals surface area contributed by atoms with Gasteiger partial charge in [0.15, 0.2) is 0 Å². The van der Waals surface area contributed by atoms with Crippen LogP contribution in [0.15, 0.2) is 218 Å². The number of nitrogens with zero attached hydrogens (tertiary/aromatic N) is 2. The smallest absolute Gasteiger partial charge is 0.0541 e. The molecule has 11 aromatic rings. The van der Waals surface area contributed by atoms with Crippen LogP contribution >= 0.6 is 0 Å². The minimum atomic E-state index is 1.14. The van der Waals surface area contributed by atoms with Crippen LogP contribution in [0.25, 0.3) is 99.5 Å². The molecule has 0 saturated heterocycles. The molecule has 56 heavy (non-hydrogen) atoms. The van der Waals surface area contributed by atoms with Gasteiger partial charge in [0, 0.05) is 32.9 Å². The molecule has 0 N–H and O–H groups in total. The fraction of sp³-hybridized carbons (Fsp3) is 0. The number of aromatic nitrogens is 2. The van der Waals surface area contributed by atoms with Gasteiger partial charge in [-0.1, -0.05) is 146 Å². The molecule has 0 aliphatic carbocycles. The standard InChI is InChI=1S/C54H36N2/c1-4-13-37(14-5-1)40-17-12-18-41(33-40)39-23-28-46(29-24-39)56-53-30-25-42(38-15-6-2-7-16-38)34-49(53)50-36-44(27-32-54(50)56)43-26-31-52-48(35-43)47-21-10-11-22-51(47)55(52)45-19-8-3-9-20-45/h1-36H. The summed E-state index contributed by atoms with van der Waals surface area (Å²) in [5.41, 5.74) is 16.8. The van der Waals surface area contributed by atoms with Crippen LogP contribution in [0.3, 0.4) is 0 Å². The zero-order chi connectivity index (χ0) is 37.0. The Hall–Kier alpha value is -7.42. The molecular weight excluding hydrogens is 677 g/mol. The lowest BCUT2D eigenvalue weighted by molar-refractivity contribution is 1.18. The molecule has 0 amide bonds. The van der Waals surface area contributed by atoms with Crippen molar-refractivity contribution in [1.29, 1.82) is 0 Å². The van der Waals surface area contributed by atoms with E-state index in [2.05, 4.69) is 228 Å². The molecule has 0 saturated carbocycles. The van der Waals surface area contributed by atoms with E-state index in [4.69, 9.17) is 0 Å². The van der Waals surface area contributed by atoms with Crippen molar-refractivity contribution >= 4 is 43.6 Å². The van der Waals surface area contributed by atoms with E-state index in [1.165, 1.54) is 93.8 Å². The normalized spacial score (nSPS) is 11.6. The first-order chi connectivity index (χ1) is 27.8. The monoisotopic (exact) mass is 712 g/mol. The number of para-hydroxylation sites is 2. The Morgan fingerprint density at radius 2 is 0.536 bits per heavy atom. The molecule has 0 atom stereocenters. The van der Waals surface area contributed by atoms with Crippen molar-refractivity contribution in [1.82, 2.24) is 9.13 Å². The van der Waals surface area contributed by atoms with E-state index in [-0.39, 0.29) is 0 Å². The Kier molecular flexibility index (Phi) is 7.53. The van der Waals surface area contributed by atoms with Gasteiger partial charge >= 0.3 is 0 Å². The fourth-order valence-corrected chi connectivity index (χ4v) is 8.61. The Labute approximate surface area is 325 Å². The molecule has 2 aromatic heterocycles. The van der Waals surface area contributed by atoms with Gasteiger partial charge < -0.3 is 9.13 Å². The van der Waals surface area contributed by atoms with E-state index in [0.717, 1.165) is 5.69 Å². The average molecular weight is 713 g/mol. The van der Waals surface area contributed by atoms with E-state index in [9.17, 15) is 0 Å². The van der Waals surface area contributed by atoms with Gasteiger partial charge in [-0.05, 0) is 117 Å². The molecule has 11 rings (SSSR count). The molecule has 0 fully saturated rings. The number of hydrogen-bond donors (Lipinski definition) is 0. The van der Waals surface area contributed by atoms with Crippen LogP contribution < -0.4 is 0 Å². The van der Waals surface area contributed by atoms with Crippen molar-refractivity contribution in [3.05, 3.63) is 218 Å². The molecule has 0 unspecified atom stereocenters. The van der Waals surface area contributed by atoms with Crippen LogP contribution in [0.1, 0.15) is 0 Å². The van der Waals surface area contributed by atoms with Crippen molar-refractivity contribution in [3.63, 3.8) is 0 Å². The lowest BCUT2D eigenvalue weighted by Crippen LogP contribution is -1.94. The Morgan fingerprint density at radius 1 is 0.196 bits per heavy atom. The summed E-state index contributed by atoms with van der Waals surface area (Å²) in [4.78, 5) is 0. The minimum absolute atomic E-state index is 1.14. The first-order valence-electron chi connectivity index (χ1n) is 19.3. The summed E-state index contributed by atoms with van der Waals surface area (Å²) in [5, 5.41) is 4.99. The maximum atomic E-state index is 2.42. The highest BCUT2D eigenvalue weighted by molar-refractivity contribution is 6.13. The Balaban J connectivity index is 1.06. The summed E-state index contributed by atoms with van der Waals surface area (Å²) < 4.78 is 4.80. The third kappa shape index (κ3) is 5.34. The third-order valence-corrected chi connectivity index (χ3v) is 11.3. The molecule has 0 aliphatic rings. The summed E-state index contributed by atoms with van der Waals surface area (Å²) in [6, 6.07) is 79.4. The second-order valence-electron chi connectivity index (χ2n) is 14.6. The second-order valence-corrected chi connectivity index (χ2v) is 14.6. The van der Waals surface area contributed by atoms with E-state index in [1.54, 1.807) is 0 Å². The molecule has 2 nitrogen and oxygen atoms in total. The molecule has 262 valence electrons. The van der Waals surface area contributed by atoms with E-state index >= 15 is 0 Å². The number of fused-ring (bicyclic) bond motifs is 6. The number of hydrogen-bond acceptors (Lipinski definition) is 0. The lowest BCUT2D eigenvalue weighted by atomic mass is 9.99. The van der Waals surface area contributed by atoms with Gasteiger partial charge in [0.05, 0.1) is 22.1 Å². The molecule has 2 heterocycles. The van der Waals surface area contributed by atoms with E-state index in [1.807, 2.05) is 0 Å². The SMILES string of the molecule is c1ccc(-c2cccc(-c3ccc(-n4c5ccc(-c6ccccc6)cc5c5cc(-c6ccc7c(c6)c6ccccc6n7-c6ccccc6)ccc54)cc3)c2)cc1. The fourth-order valence-electron chi connectivity index (χ4n) is 8.61. The topological polar surface area (TPSA) is 9.86 Å². The quantitative estimate of drug-likeness (QED) is 0.162. The van der Waals surface area contributed by atoms with Gasteiger partial charge in [0.1, 0.15) is 0 Å². The molecule has 9 aromatic carbocycles. The van der Waals surface area contributed by atoms with Crippen molar-refractivity contribution in [2.45, 2.75) is 0 Å². The lowest BCUT2D eigenvalue weighted by Gasteiger charge is -2.11. The highest BCUT2D eigenvalue weighted by atomic mass is 15.0. The molecule has 0 aliphatic heterocycles. The van der Waals surface area contributed by atoms with Gasteiger partial charge in [-0.2, -0.15) is 0 Å². The van der Waals surface area contributed by atoms with Crippen LogP contribution in [-0.4, -0.2) is 9.13 Å². The molecular formula is C54H36N2. The Morgan fingerprint density at radius 3 is 1.07 bits per heavy atom. The zero-order valence-electron chi connectivity index (χ0n) is 30.7. The minimum Gasteiger partial charge on any atom is -0.309 e. The maximum Gasteiger partial charge on any atom is 0.0541 e. The average Bonchev–Trinajstić information content (AvgIpc) is 3.79. The van der Waals surface area contributed by atoms with Crippen molar-refractivity contribution in [3.8, 4) is 55.9 Å². The first-order valence-corrected chi connectivity index (χ1v) is 19.3. The predicted octanol–water partition coefficient (Wildman–Crippen LogP) is 14.5. The second kappa shape index (κ2) is 13.2. The number of benzene rings is 9. The van der Waals surface area contributed by atoms with Crippen LogP contribution in [-0.2, 0) is 0 Å². The molecule has 0 spiro atoms. The first kappa shape index (κ1) is 32.0. The van der Waals surface area contributed by atoms with E-state index < -0.39 is 0 Å². The van der Waals surface area contributed by atoms with Gasteiger partial charge in [0.2, 0.25) is 0 Å². The highest BCUT2D eigenvalue weighted by Gasteiger charge is 2.17. The van der Waals surface area contributed by atoms with Crippen LogP contribution in [0.5, 0.6) is 0 Å². The van der Waals surface area contributed by atoms with Gasteiger partial charge in [-0.15, -0.1) is 0 Å². The summed E-state index contributed by atoms with van der Waals surface area (Å²) in [5.74, 6) is 0. The van der Waals surface area contributed by atoms with Crippen LogP contribution in [0.2, 0.25) is 0 Å². The summed E-state index contributed by atoms with van der Waals surface area (Å²) >= 11 is 0. The van der Waals surface area contributed by atoms with Crippen molar-refractivity contribution in [2.75, 3.05) is 0 Å². The maximum absolute atomic E-state index is 2.42. The van der Waals surface area contributed by atoms with E-state index in [0.29, 0.717) is 0 Å². The molecule has 2 heteroatoms. The predicted molar refractivity (Wildman–Crippen MR) is 237 cm³/mol. The summed E-state index contributed by atoms with van der Waals surface area (Å²) in [7, 11) is 0. The van der Waals surface area contributed by atoms with Gasteiger partial charge in [0.25, 0.3) is 0 Å². The largest absolute Gasteiger partial charge is 0.309 e. The summed E-state index contributed by atoms with van der Waals surface area (Å²) in [6.07, 6.45) is 0. The third-order valence-electron chi connectivity index (χ3n) is 11.3. The van der Waals surface area contributed by atoms with Crippen molar-refractivity contribution in [2.24, 2.45) is 0 Å². The van der Waals surface area contributed by atoms with Gasteiger partial charge in [-0.3, -0.25) is 0 Å². The molecule has 0 radical (unpaired) electrons. The van der Waals surface area contributed by atoms with Crippen molar-refractivity contribution < 1.29 is 0 Å². The summed E-state index contributed by atoms with van der Waals surface area (Å²) in [6.45, 7) is 0. The van der Waals surface area contributed by atoms with Gasteiger partial charge in [-0.25, -0.2) is 0 Å². The zero-order valence-corrected chi connectivity index (χ0v) is 30.7. The highest BCUT2D eigenvalue weighted by Crippen LogP contribution is 2.40.